The molecule has 0 radical (unpaired) electrons. The molecule has 1 unspecified atom stereocenters. The highest BCUT2D eigenvalue weighted by Gasteiger charge is 2.10. The Hall–Kier alpha value is -0.640. The highest BCUT2D eigenvalue weighted by atomic mass is 35.5. The first-order valence-electron chi connectivity index (χ1n) is 4.75. The van der Waals surface area contributed by atoms with Gasteiger partial charge in [0.1, 0.15) is 5.82 Å². The van der Waals surface area contributed by atoms with Crippen molar-refractivity contribution in [2.45, 2.75) is 18.9 Å². The smallest absolute Gasteiger partial charge is 0.142 e. The molecule has 0 aromatic heterocycles. The maximum Gasteiger partial charge on any atom is 0.142 e. The van der Waals surface area contributed by atoms with Crippen molar-refractivity contribution < 1.29 is 14.2 Å². The zero-order chi connectivity index (χ0) is 11.3. The first kappa shape index (κ1) is 12.4. The van der Waals surface area contributed by atoms with Gasteiger partial charge in [0.25, 0.3) is 0 Å². The fourth-order valence-corrected chi connectivity index (χ4v) is 1.52. The second-order valence-electron chi connectivity index (χ2n) is 3.35. The van der Waals surface area contributed by atoms with E-state index in [1.54, 1.807) is 19.2 Å². The molecular weight excluding hydrogens is 219 g/mol. The van der Waals surface area contributed by atoms with E-state index in [9.17, 15) is 9.50 Å². The van der Waals surface area contributed by atoms with Gasteiger partial charge in [-0.3, -0.25) is 0 Å². The largest absolute Gasteiger partial charge is 0.393 e. The van der Waals surface area contributed by atoms with Crippen molar-refractivity contribution in [2.24, 2.45) is 0 Å². The van der Waals surface area contributed by atoms with Gasteiger partial charge in [-0.25, -0.2) is 4.39 Å². The number of aliphatic hydroxyl groups excluding tert-OH is 1. The van der Waals surface area contributed by atoms with Gasteiger partial charge in [-0.1, -0.05) is 23.7 Å². The lowest BCUT2D eigenvalue weighted by Crippen LogP contribution is -2.13. The summed E-state index contributed by atoms with van der Waals surface area (Å²) >= 11 is 5.75. The maximum atomic E-state index is 13.0. The van der Waals surface area contributed by atoms with Crippen LogP contribution < -0.4 is 0 Å². The van der Waals surface area contributed by atoms with E-state index in [0.717, 1.165) is 0 Å². The number of halogens is 2. The minimum atomic E-state index is -0.552. The van der Waals surface area contributed by atoms with E-state index in [1.807, 2.05) is 0 Å². The van der Waals surface area contributed by atoms with Crippen LogP contribution in [-0.2, 0) is 11.2 Å². The van der Waals surface area contributed by atoms with Gasteiger partial charge in [-0.15, -0.1) is 0 Å². The molecule has 0 bridgehead atoms. The Kier molecular flexibility index (Phi) is 5.02. The fourth-order valence-electron chi connectivity index (χ4n) is 1.32. The molecule has 0 spiro atoms. The Bertz CT molecular complexity index is 317. The van der Waals surface area contributed by atoms with Gasteiger partial charge in [0.05, 0.1) is 11.1 Å². The van der Waals surface area contributed by atoms with Crippen LogP contribution in [-0.4, -0.2) is 24.9 Å². The summed E-state index contributed by atoms with van der Waals surface area (Å²) in [6.07, 6.45) is 0.313. The number of hydrogen-bond donors (Lipinski definition) is 1. The predicted octanol–water partition coefficient (Wildman–Crippen LogP) is 2.42. The number of methoxy groups -OCH3 is 1. The number of aliphatic hydroxyl groups is 1. The standard InChI is InChI=1S/C11H14ClFO2/c1-15-6-5-9(14)7-8-3-2-4-10(13)11(8)12/h2-4,9,14H,5-7H2,1H3. The van der Waals surface area contributed by atoms with E-state index in [1.165, 1.54) is 6.07 Å². The Balaban J connectivity index is 2.60. The normalized spacial score (nSPS) is 12.8. The third kappa shape index (κ3) is 3.78. The molecule has 1 aromatic rings. The first-order valence-corrected chi connectivity index (χ1v) is 5.13. The number of hydrogen-bond acceptors (Lipinski definition) is 2. The number of rotatable bonds is 5. The summed E-state index contributed by atoms with van der Waals surface area (Å²) < 4.78 is 17.9. The first-order chi connectivity index (χ1) is 7.15. The summed E-state index contributed by atoms with van der Waals surface area (Å²) in [7, 11) is 1.57. The van der Waals surface area contributed by atoms with Crippen LogP contribution in [0, 0.1) is 5.82 Å². The molecular formula is C11H14ClFO2. The zero-order valence-corrected chi connectivity index (χ0v) is 9.30. The summed E-state index contributed by atoms with van der Waals surface area (Å²) in [5.41, 5.74) is 0.625. The molecule has 2 nitrogen and oxygen atoms in total. The van der Waals surface area contributed by atoms with E-state index in [2.05, 4.69) is 0 Å². The van der Waals surface area contributed by atoms with E-state index in [-0.39, 0.29) is 5.02 Å². The molecule has 0 heterocycles. The molecule has 0 fully saturated rings. The van der Waals surface area contributed by atoms with Crippen LogP contribution in [0.3, 0.4) is 0 Å². The Morgan fingerprint density at radius 2 is 2.27 bits per heavy atom. The molecule has 0 aliphatic rings. The van der Waals surface area contributed by atoms with Crippen molar-refractivity contribution in [3.05, 3.63) is 34.6 Å². The molecule has 1 aromatic carbocycles. The van der Waals surface area contributed by atoms with Crippen molar-refractivity contribution in [3.63, 3.8) is 0 Å². The van der Waals surface area contributed by atoms with Crippen LogP contribution in [0.2, 0.25) is 5.02 Å². The van der Waals surface area contributed by atoms with Gasteiger partial charge < -0.3 is 9.84 Å². The summed E-state index contributed by atoms with van der Waals surface area (Å²) in [6.45, 7) is 0.480. The number of ether oxygens (including phenoxy) is 1. The summed E-state index contributed by atoms with van der Waals surface area (Å²) in [6, 6.07) is 4.59. The Morgan fingerprint density at radius 1 is 1.53 bits per heavy atom. The van der Waals surface area contributed by atoms with E-state index in [0.29, 0.717) is 25.0 Å². The molecule has 1 N–H and O–H groups in total. The highest BCUT2D eigenvalue weighted by molar-refractivity contribution is 6.31. The Morgan fingerprint density at radius 3 is 2.93 bits per heavy atom. The van der Waals surface area contributed by atoms with Gasteiger partial charge in [0.2, 0.25) is 0 Å². The van der Waals surface area contributed by atoms with Gasteiger partial charge in [-0.2, -0.15) is 0 Å². The predicted molar refractivity (Wildman–Crippen MR) is 57.6 cm³/mol. The monoisotopic (exact) mass is 232 g/mol. The summed E-state index contributed by atoms with van der Waals surface area (Å²) in [4.78, 5) is 0. The topological polar surface area (TPSA) is 29.5 Å². The van der Waals surface area contributed by atoms with Crippen molar-refractivity contribution in [1.29, 1.82) is 0 Å². The summed E-state index contributed by atoms with van der Waals surface area (Å²) in [5.74, 6) is -0.451. The molecule has 0 aliphatic heterocycles. The Labute approximate surface area is 93.6 Å². The van der Waals surface area contributed by atoms with E-state index >= 15 is 0 Å². The van der Waals surface area contributed by atoms with Crippen LogP contribution in [0.15, 0.2) is 18.2 Å². The van der Waals surface area contributed by atoms with Crippen LogP contribution in [0.5, 0.6) is 0 Å². The van der Waals surface area contributed by atoms with Gasteiger partial charge in [0, 0.05) is 20.1 Å². The lowest BCUT2D eigenvalue weighted by Gasteiger charge is -2.11. The maximum absolute atomic E-state index is 13.0. The van der Waals surface area contributed by atoms with Crippen molar-refractivity contribution in [3.8, 4) is 0 Å². The minimum Gasteiger partial charge on any atom is -0.393 e. The average molecular weight is 233 g/mol. The highest BCUT2D eigenvalue weighted by Crippen LogP contribution is 2.21. The molecule has 0 saturated heterocycles. The van der Waals surface area contributed by atoms with E-state index in [4.69, 9.17) is 16.3 Å². The van der Waals surface area contributed by atoms with Crippen molar-refractivity contribution >= 4 is 11.6 Å². The molecule has 15 heavy (non-hydrogen) atoms. The second kappa shape index (κ2) is 6.05. The SMILES string of the molecule is COCCC(O)Cc1cccc(F)c1Cl. The second-order valence-corrected chi connectivity index (χ2v) is 3.73. The molecule has 0 amide bonds. The van der Waals surface area contributed by atoms with Gasteiger partial charge in [0.15, 0.2) is 0 Å². The molecule has 1 atom stereocenters. The van der Waals surface area contributed by atoms with Crippen LogP contribution in [0.25, 0.3) is 0 Å². The molecule has 4 heteroatoms. The van der Waals surface area contributed by atoms with Gasteiger partial charge >= 0.3 is 0 Å². The fraction of sp³-hybridized carbons (Fsp3) is 0.455. The van der Waals surface area contributed by atoms with Crippen LogP contribution >= 0.6 is 11.6 Å². The van der Waals surface area contributed by atoms with Crippen molar-refractivity contribution in [1.82, 2.24) is 0 Å². The lowest BCUT2D eigenvalue weighted by molar-refractivity contribution is 0.110. The molecule has 0 aliphatic carbocycles. The van der Waals surface area contributed by atoms with Crippen molar-refractivity contribution in [2.75, 3.05) is 13.7 Å². The minimum absolute atomic E-state index is 0.0916. The number of benzene rings is 1. The molecule has 1 rings (SSSR count). The quantitative estimate of drug-likeness (QED) is 0.845. The lowest BCUT2D eigenvalue weighted by atomic mass is 10.1. The third-order valence-corrected chi connectivity index (χ3v) is 2.57. The average Bonchev–Trinajstić information content (AvgIpc) is 2.22. The zero-order valence-electron chi connectivity index (χ0n) is 8.54. The third-order valence-electron chi connectivity index (χ3n) is 2.14. The molecule has 0 saturated carbocycles. The summed E-state index contributed by atoms with van der Waals surface area (Å²) in [5, 5.41) is 9.68. The van der Waals surface area contributed by atoms with Crippen LogP contribution in [0.4, 0.5) is 4.39 Å². The van der Waals surface area contributed by atoms with E-state index < -0.39 is 11.9 Å². The van der Waals surface area contributed by atoms with Gasteiger partial charge in [-0.05, 0) is 18.1 Å². The van der Waals surface area contributed by atoms with Crippen LogP contribution in [0.1, 0.15) is 12.0 Å². The molecule has 84 valence electrons.